The third-order valence-corrected chi connectivity index (χ3v) is 7.07. The Bertz CT molecular complexity index is 1080. The third kappa shape index (κ3) is 4.65. The van der Waals surface area contributed by atoms with Gasteiger partial charge in [-0.3, -0.25) is 14.5 Å². The van der Waals surface area contributed by atoms with Gasteiger partial charge in [-0.05, 0) is 17.7 Å². The van der Waals surface area contributed by atoms with Gasteiger partial charge in [0.15, 0.2) is 17.8 Å². The number of fused-ring (bicyclic) bond motifs is 1. The first-order chi connectivity index (χ1) is 15.4. The van der Waals surface area contributed by atoms with Gasteiger partial charge in [-0.2, -0.15) is 4.73 Å². The Labute approximate surface area is 191 Å². The van der Waals surface area contributed by atoms with E-state index in [1.165, 1.54) is 47.0 Å². The highest BCUT2D eigenvalue weighted by Crippen LogP contribution is 2.41. The number of hydrogen-bond acceptors (Lipinski definition) is 8. The summed E-state index contributed by atoms with van der Waals surface area (Å²) < 4.78 is 6.00. The van der Waals surface area contributed by atoms with E-state index < -0.39 is 29.2 Å². The van der Waals surface area contributed by atoms with Crippen LogP contribution in [0.25, 0.3) is 0 Å². The third-order valence-electron chi connectivity index (χ3n) is 4.73. The van der Waals surface area contributed by atoms with Crippen molar-refractivity contribution >= 4 is 41.3 Å². The molecule has 2 N–H and O–H groups in total. The van der Waals surface area contributed by atoms with Gasteiger partial charge in [-0.15, -0.1) is 11.8 Å². The average molecular weight is 475 g/mol. The van der Waals surface area contributed by atoms with Crippen molar-refractivity contribution in [3.05, 3.63) is 65.4 Å². The number of carboxylic acids is 1. The highest BCUT2D eigenvalue weighted by molar-refractivity contribution is 8.01. The van der Waals surface area contributed by atoms with E-state index in [9.17, 15) is 24.7 Å². The largest absolute Gasteiger partial charge is 0.619 e. The summed E-state index contributed by atoms with van der Waals surface area (Å²) in [6, 6.07) is 8.00. The lowest BCUT2D eigenvalue weighted by atomic mass is 10.0. The van der Waals surface area contributed by atoms with Crippen molar-refractivity contribution in [1.29, 1.82) is 0 Å². The molecule has 0 bridgehead atoms. The fraction of sp³-hybridized carbons (Fsp3) is 0.250. The van der Waals surface area contributed by atoms with Crippen LogP contribution in [0, 0.1) is 5.21 Å². The first-order valence-electron chi connectivity index (χ1n) is 9.49. The van der Waals surface area contributed by atoms with Crippen LogP contribution in [-0.4, -0.2) is 62.3 Å². The van der Waals surface area contributed by atoms with Crippen molar-refractivity contribution in [2.24, 2.45) is 0 Å². The number of aromatic nitrogens is 2. The summed E-state index contributed by atoms with van der Waals surface area (Å²) in [5.74, 6) is -0.980. The Morgan fingerprint density at radius 3 is 2.88 bits per heavy atom. The molecule has 0 saturated carbocycles. The summed E-state index contributed by atoms with van der Waals surface area (Å²) in [7, 11) is 0. The highest BCUT2D eigenvalue weighted by atomic mass is 32.2. The number of para-hydroxylation sites is 1. The molecule has 0 radical (unpaired) electrons. The molecule has 166 valence electrons. The van der Waals surface area contributed by atoms with Crippen molar-refractivity contribution in [3.8, 4) is 5.75 Å². The molecule has 2 aliphatic rings. The maximum absolute atomic E-state index is 12.7. The van der Waals surface area contributed by atoms with E-state index in [-0.39, 0.29) is 18.1 Å². The minimum atomic E-state index is -1.21. The van der Waals surface area contributed by atoms with Gasteiger partial charge in [0.05, 0.1) is 6.20 Å². The lowest BCUT2D eigenvalue weighted by Crippen LogP contribution is -2.70. The molecule has 32 heavy (non-hydrogen) atoms. The molecule has 1 aromatic carbocycles. The van der Waals surface area contributed by atoms with Crippen LogP contribution in [0.4, 0.5) is 0 Å². The number of benzene rings is 1. The predicted octanol–water partition coefficient (Wildman–Crippen LogP) is 0.625. The molecule has 4 rings (SSSR count). The van der Waals surface area contributed by atoms with Crippen molar-refractivity contribution in [2.75, 3.05) is 18.1 Å². The fourth-order valence-corrected chi connectivity index (χ4v) is 5.62. The number of carboxylic acid groups (broad SMARTS) is 1. The van der Waals surface area contributed by atoms with Gasteiger partial charge in [0, 0.05) is 11.5 Å². The van der Waals surface area contributed by atoms with Gasteiger partial charge in [-0.1, -0.05) is 30.0 Å². The van der Waals surface area contributed by atoms with Crippen LogP contribution in [0.15, 0.2) is 65.2 Å². The summed E-state index contributed by atoms with van der Waals surface area (Å²) in [5.41, 5.74) is 0.473. The molecular weight excluding hydrogens is 456 g/mol. The van der Waals surface area contributed by atoms with E-state index in [4.69, 9.17) is 4.74 Å². The van der Waals surface area contributed by atoms with E-state index in [0.717, 1.165) is 0 Å². The van der Waals surface area contributed by atoms with E-state index >= 15 is 0 Å². The molecule has 3 heterocycles. The van der Waals surface area contributed by atoms with Gasteiger partial charge in [0.25, 0.3) is 11.8 Å². The molecule has 1 saturated heterocycles. The Kier molecular flexibility index (Phi) is 6.51. The second-order valence-corrected chi connectivity index (χ2v) is 8.96. The molecule has 0 spiro atoms. The second-order valence-electron chi connectivity index (χ2n) is 6.86. The number of aliphatic carboxylic acids is 1. The molecule has 2 amide bonds. The Morgan fingerprint density at radius 1 is 1.38 bits per heavy atom. The number of rotatable bonds is 8. The molecular formula is C20H18N4O6S2. The fourth-order valence-electron chi connectivity index (χ4n) is 3.27. The Morgan fingerprint density at radius 2 is 2.16 bits per heavy atom. The number of nitrogens with one attached hydrogen (secondary N) is 1. The molecule has 2 atom stereocenters. The lowest BCUT2D eigenvalue weighted by Gasteiger charge is -2.49. The summed E-state index contributed by atoms with van der Waals surface area (Å²) >= 11 is 2.59. The monoisotopic (exact) mass is 474 g/mol. The van der Waals surface area contributed by atoms with Crippen molar-refractivity contribution in [3.63, 3.8) is 0 Å². The zero-order chi connectivity index (χ0) is 22.7. The van der Waals surface area contributed by atoms with Crippen LogP contribution in [0.2, 0.25) is 0 Å². The summed E-state index contributed by atoms with van der Waals surface area (Å²) in [6.07, 6.45) is 3.91. The van der Waals surface area contributed by atoms with Crippen LogP contribution in [0.3, 0.4) is 0 Å². The Balaban J connectivity index is 1.39. The van der Waals surface area contributed by atoms with Gasteiger partial charge in [0.1, 0.15) is 22.9 Å². The SMILES string of the molecule is O=C(COc1ccccc1)NC1C(=O)N2C(C(=O)O)=C(CSc3c[n+]([O-])ccn3)CS[C@@H]12. The maximum atomic E-state index is 12.7. The number of hydrogen-bond donors (Lipinski definition) is 2. The number of ether oxygens (including phenoxy) is 1. The smallest absolute Gasteiger partial charge is 0.352 e. The minimum absolute atomic E-state index is 0.0804. The first-order valence-corrected chi connectivity index (χ1v) is 11.5. The average Bonchev–Trinajstić information content (AvgIpc) is 2.79. The van der Waals surface area contributed by atoms with Gasteiger partial charge in [0.2, 0.25) is 6.20 Å². The number of carbonyl (C=O) groups is 3. The van der Waals surface area contributed by atoms with Crippen molar-refractivity contribution < 1.29 is 29.0 Å². The number of amides is 2. The normalized spacial score (nSPS) is 19.8. The predicted molar refractivity (Wildman–Crippen MR) is 116 cm³/mol. The van der Waals surface area contributed by atoms with Crippen LogP contribution in [0.5, 0.6) is 5.75 Å². The molecule has 2 aromatic rings. The van der Waals surface area contributed by atoms with Gasteiger partial charge in [-0.25, -0.2) is 9.78 Å². The van der Waals surface area contributed by atoms with Gasteiger partial charge < -0.3 is 20.4 Å². The Hall–Kier alpha value is -3.25. The van der Waals surface area contributed by atoms with E-state index in [0.29, 0.717) is 26.8 Å². The van der Waals surface area contributed by atoms with E-state index in [1.807, 2.05) is 6.07 Å². The lowest BCUT2D eigenvalue weighted by molar-refractivity contribution is -0.608. The topological polar surface area (TPSA) is 136 Å². The van der Waals surface area contributed by atoms with Crippen LogP contribution in [-0.2, 0) is 14.4 Å². The maximum Gasteiger partial charge on any atom is 0.352 e. The molecule has 1 fully saturated rings. The quantitative estimate of drug-likeness (QED) is 0.244. The molecule has 2 aliphatic heterocycles. The molecule has 10 nitrogen and oxygen atoms in total. The van der Waals surface area contributed by atoms with E-state index in [2.05, 4.69) is 10.3 Å². The van der Waals surface area contributed by atoms with Crippen molar-refractivity contribution in [2.45, 2.75) is 16.4 Å². The summed E-state index contributed by atoms with van der Waals surface area (Å²) in [6.45, 7) is -0.252. The van der Waals surface area contributed by atoms with Crippen LogP contribution < -0.4 is 14.8 Å². The zero-order valence-electron chi connectivity index (χ0n) is 16.5. The number of carbonyl (C=O) groups excluding carboxylic acids is 2. The summed E-state index contributed by atoms with van der Waals surface area (Å²) in [5, 5.41) is 23.7. The minimum Gasteiger partial charge on any atom is -0.619 e. The van der Waals surface area contributed by atoms with Crippen LogP contribution in [0.1, 0.15) is 0 Å². The highest BCUT2D eigenvalue weighted by Gasteiger charge is 2.54. The first kappa shape index (κ1) is 22.0. The molecule has 0 aliphatic carbocycles. The molecule has 12 heteroatoms. The van der Waals surface area contributed by atoms with Crippen molar-refractivity contribution in [1.82, 2.24) is 15.2 Å². The number of thioether (sulfide) groups is 2. The number of nitrogens with zero attached hydrogens (tertiary/aromatic N) is 3. The molecule has 1 unspecified atom stereocenters. The van der Waals surface area contributed by atoms with Gasteiger partial charge >= 0.3 is 5.97 Å². The standard InChI is InChI=1S/C20H18N4O6S2/c25-14(9-30-13-4-2-1-3-5-13)22-16-18(26)24-17(20(27)28)12(11-32-19(16)24)10-31-15-8-23(29)7-6-21-15/h1-8,16,19H,9-11H2,(H,22,25)(H,27,28)/t16?,19-/m0/s1. The number of β-lactam (4-membered cyclic amide) rings is 1. The second kappa shape index (κ2) is 9.49. The van der Waals surface area contributed by atoms with E-state index in [1.54, 1.807) is 24.3 Å². The molecule has 1 aromatic heterocycles. The summed E-state index contributed by atoms with van der Waals surface area (Å²) in [4.78, 5) is 42.1. The zero-order valence-corrected chi connectivity index (χ0v) is 18.2. The van der Waals surface area contributed by atoms with Crippen LogP contribution >= 0.6 is 23.5 Å².